The molecule has 1 aromatic heterocycles. The molecule has 1 aliphatic carbocycles. The van der Waals surface area contributed by atoms with E-state index < -0.39 is 5.97 Å². The quantitative estimate of drug-likeness (QED) is 0.818. The molecule has 0 amide bonds. The van der Waals surface area contributed by atoms with E-state index in [-0.39, 0.29) is 11.8 Å². The van der Waals surface area contributed by atoms with Gasteiger partial charge in [0.1, 0.15) is 0 Å². The average molecular weight is 305 g/mol. The third-order valence-corrected chi connectivity index (χ3v) is 4.78. The second-order valence-corrected chi connectivity index (χ2v) is 5.94. The Balaban J connectivity index is 2.05. The average Bonchev–Trinajstić information content (AvgIpc) is 2.97. The lowest BCUT2D eigenvalue weighted by Crippen LogP contribution is -2.24. The second kappa shape index (κ2) is 6.54. The molecule has 0 radical (unpaired) electrons. The van der Waals surface area contributed by atoms with E-state index in [1.54, 1.807) is 0 Å². The highest BCUT2D eigenvalue weighted by molar-refractivity contribution is 7.18. The summed E-state index contributed by atoms with van der Waals surface area (Å²) in [4.78, 5) is 15.9. The van der Waals surface area contributed by atoms with Crippen LogP contribution in [-0.2, 0) is 4.74 Å². The Bertz CT molecular complexity index is 452. The van der Waals surface area contributed by atoms with Gasteiger partial charge in [-0.25, -0.2) is 9.78 Å². The van der Waals surface area contributed by atoms with Crippen molar-refractivity contribution in [2.75, 3.05) is 19.0 Å². The largest absolute Gasteiger partial charge is 0.465 e. The first-order valence-corrected chi connectivity index (χ1v) is 7.47. The molecule has 0 spiro atoms. The topological polar surface area (TPSA) is 71.5 Å². The van der Waals surface area contributed by atoms with E-state index in [0.29, 0.717) is 22.0 Å². The minimum absolute atomic E-state index is 0.177. The molecule has 2 atom stereocenters. The lowest BCUT2D eigenvalue weighted by Gasteiger charge is -2.19. The number of nitrogens with one attached hydrogen (secondary N) is 1. The number of halogens is 1. The number of hydrogen-bond acceptors (Lipinski definition) is 6. The maximum Gasteiger partial charge on any atom is 0.351 e. The third-order valence-electron chi connectivity index (χ3n) is 3.42. The second-order valence-electron chi connectivity index (χ2n) is 4.58. The van der Waals surface area contributed by atoms with Gasteiger partial charge in [0.25, 0.3) is 0 Å². The standard InChI is InChI=1S/C12H17ClN2O3S/c1-18-11(17)9-10(13)15-12(19-9)14-8-4-2-3-7(8)5-6-16/h7-8,16H,2-6H2,1H3,(H,14,15). The summed E-state index contributed by atoms with van der Waals surface area (Å²) in [6.07, 6.45) is 4.10. The van der Waals surface area contributed by atoms with Gasteiger partial charge in [0, 0.05) is 12.6 Å². The van der Waals surface area contributed by atoms with E-state index in [0.717, 1.165) is 25.7 Å². The number of carbonyl (C=O) groups is 1. The van der Waals surface area contributed by atoms with Crippen LogP contribution >= 0.6 is 22.9 Å². The SMILES string of the molecule is COC(=O)c1sc(NC2CCCC2CCO)nc1Cl. The maximum atomic E-state index is 11.5. The molecule has 1 saturated carbocycles. The van der Waals surface area contributed by atoms with Crippen molar-refractivity contribution in [1.82, 2.24) is 4.98 Å². The number of hydrogen-bond donors (Lipinski definition) is 2. The van der Waals surface area contributed by atoms with Gasteiger partial charge >= 0.3 is 5.97 Å². The molecule has 2 N–H and O–H groups in total. The number of aliphatic hydroxyl groups is 1. The van der Waals surface area contributed by atoms with Crippen molar-refractivity contribution in [2.24, 2.45) is 5.92 Å². The third kappa shape index (κ3) is 3.38. The van der Waals surface area contributed by atoms with E-state index in [1.165, 1.54) is 18.4 Å². The summed E-state index contributed by atoms with van der Waals surface area (Å²) < 4.78 is 4.65. The van der Waals surface area contributed by atoms with Crippen molar-refractivity contribution in [2.45, 2.75) is 31.7 Å². The Hall–Kier alpha value is -0.850. The summed E-state index contributed by atoms with van der Waals surface area (Å²) in [7, 11) is 1.32. The first-order valence-electron chi connectivity index (χ1n) is 6.27. The number of nitrogens with zero attached hydrogens (tertiary/aromatic N) is 1. The predicted octanol–water partition coefficient (Wildman–Crippen LogP) is 2.55. The Morgan fingerprint density at radius 3 is 3.11 bits per heavy atom. The van der Waals surface area contributed by atoms with Crippen LogP contribution in [0.15, 0.2) is 0 Å². The van der Waals surface area contributed by atoms with Crippen LogP contribution in [0.1, 0.15) is 35.4 Å². The van der Waals surface area contributed by atoms with Crippen LogP contribution in [0, 0.1) is 5.92 Å². The van der Waals surface area contributed by atoms with Crippen molar-refractivity contribution in [3.8, 4) is 0 Å². The minimum atomic E-state index is -0.464. The van der Waals surface area contributed by atoms with E-state index in [9.17, 15) is 4.79 Å². The van der Waals surface area contributed by atoms with Crippen LogP contribution in [0.5, 0.6) is 0 Å². The number of rotatable bonds is 5. The molecular formula is C12H17ClN2O3S. The lowest BCUT2D eigenvalue weighted by atomic mass is 10.0. The van der Waals surface area contributed by atoms with Gasteiger partial charge in [0.2, 0.25) is 0 Å². The summed E-state index contributed by atoms with van der Waals surface area (Å²) in [5.74, 6) is -0.0110. The first kappa shape index (κ1) is 14.6. The molecule has 1 fully saturated rings. The zero-order chi connectivity index (χ0) is 13.8. The van der Waals surface area contributed by atoms with Crippen molar-refractivity contribution >= 4 is 34.0 Å². The molecule has 1 heterocycles. The van der Waals surface area contributed by atoms with Crippen LogP contribution < -0.4 is 5.32 Å². The van der Waals surface area contributed by atoms with Crippen molar-refractivity contribution in [3.05, 3.63) is 10.0 Å². The van der Waals surface area contributed by atoms with Gasteiger partial charge in [0.15, 0.2) is 15.2 Å². The number of aliphatic hydroxyl groups excluding tert-OH is 1. The predicted molar refractivity (Wildman–Crippen MR) is 74.9 cm³/mol. The Labute approximate surface area is 120 Å². The van der Waals surface area contributed by atoms with Crippen molar-refractivity contribution in [1.29, 1.82) is 0 Å². The Morgan fingerprint density at radius 2 is 2.42 bits per heavy atom. The van der Waals surface area contributed by atoms with Crippen LogP contribution in [0.25, 0.3) is 0 Å². The highest BCUT2D eigenvalue weighted by Gasteiger charge is 2.28. The molecule has 0 aliphatic heterocycles. The van der Waals surface area contributed by atoms with Crippen LogP contribution in [0.2, 0.25) is 5.15 Å². The van der Waals surface area contributed by atoms with Gasteiger partial charge in [-0.05, 0) is 25.2 Å². The van der Waals surface area contributed by atoms with Crippen molar-refractivity contribution < 1.29 is 14.6 Å². The lowest BCUT2D eigenvalue weighted by molar-refractivity contribution is 0.0606. The molecule has 106 valence electrons. The molecule has 1 aliphatic rings. The summed E-state index contributed by atoms with van der Waals surface area (Å²) in [5, 5.41) is 13.2. The fraction of sp³-hybridized carbons (Fsp3) is 0.667. The number of carbonyl (C=O) groups excluding carboxylic acids is 1. The normalized spacial score (nSPS) is 22.5. The number of methoxy groups -OCH3 is 1. The molecule has 0 bridgehead atoms. The van der Waals surface area contributed by atoms with Gasteiger partial charge < -0.3 is 15.2 Å². The fourth-order valence-corrected chi connectivity index (χ4v) is 3.64. The Morgan fingerprint density at radius 1 is 1.63 bits per heavy atom. The van der Waals surface area contributed by atoms with Gasteiger partial charge in [-0.1, -0.05) is 29.4 Å². The number of anilines is 1. The van der Waals surface area contributed by atoms with Gasteiger partial charge in [-0.3, -0.25) is 0 Å². The maximum absolute atomic E-state index is 11.5. The highest BCUT2D eigenvalue weighted by Crippen LogP contribution is 2.34. The zero-order valence-corrected chi connectivity index (χ0v) is 12.3. The summed E-state index contributed by atoms with van der Waals surface area (Å²) >= 11 is 7.13. The first-order chi connectivity index (χ1) is 9.15. The monoisotopic (exact) mass is 304 g/mol. The van der Waals surface area contributed by atoms with Gasteiger partial charge in [-0.15, -0.1) is 0 Å². The fourth-order valence-electron chi connectivity index (χ4n) is 2.48. The highest BCUT2D eigenvalue weighted by atomic mass is 35.5. The molecule has 1 aromatic rings. The molecule has 5 nitrogen and oxygen atoms in total. The molecular weight excluding hydrogens is 288 g/mol. The molecule has 19 heavy (non-hydrogen) atoms. The van der Waals surface area contributed by atoms with E-state index in [2.05, 4.69) is 15.0 Å². The smallest absolute Gasteiger partial charge is 0.351 e. The van der Waals surface area contributed by atoms with Gasteiger partial charge in [-0.2, -0.15) is 0 Å². The molecule has 0 saturated heterocycles. The number of ether oxygens (including phenoxy) is 1. The van der Waals surface area contributed by atoms with E-state index >= 15 is 0 Å². The van der Waals surface area contributed by atoms with Crippen LogP contribution in [0.4, 0.5) is 5.13 Å². The van der Waals surface area contributed by atoms with E-state index in [4.69, 9.17) is 16.7 Å². The molecule has 0 aromatic carbocycles. The minimum Gasteiger partial charge on any atom is -0.465 e. The number of thiazole rings is 1. The summed E-state index contributed by atoms with van der Waals surface area (Å²) in [6.45, 7) is 0.203. The van der Waals surface area contributed by atoms with Crippen molar-refractivity contribution in [3.63, 3.8) is 0 Å². The van der Waals surface area contributed by atoms with Crippen LogP contribution in [0.3, 0.4) is 0 Å². The zero-order valence-electron chi connectivity index (χ0n) is 10.7. The Kier molecular flexibility index (Phi) is 5.01. The van der Waals surface area contributed by atoms with E-state index in [1.807, 2.05) is 0 Å². The molecule has 2 rings (SSSR count). The number of esters is 1. The molecule has 7 heteroatoms. The summed E-state index contributed by atoms with van der Waals surface area (Å²) in [5.41, 5.74) is 0. The molecule has 2 unspecified atom stereocenters. The van der Waals surface area contributed by atoms with Gasteiger partial charge in [0.05, 0.1) is 7.11 Å². The number of aromatic nitrogens is 1. The van der Waals surface area contributed by atoms with Crippen LogP contribution in [-0.4, -0.2) is 35.8 Å². The summed E-state index contributed by atoms with van der Waals surface area (Å²) in [6, 6.07) is 0.292.